The molecule has 1 amide bonds. The first-order valence-corrected chi connectivity index (χ1v) is 7.21. The van der Waals surface area contributed by atoms with E-state index in [9.17, 15) is 4.79 Å². The van der Waals surface area contributed by atoms with Crippen LogP contribution in [-0.4, -0.2) is 30.0 Å². The minimum Gasteiger partial charge on any atom is -0.397 e. The number of nitrogens with one attached hydrogen (secondary N) is 1. The Hall–Kier alpha value is -1.30. The average Bonchev–Trinajstić information content (AvgIpc) is 2.37. The summed E-state index contributed by atoms with van der Waals surface area (Å²) in [6.07, 6.45) is 3.59. The van der Waals surface area contributed by atoms with Crippen LogP contribution in [0.2, 0.25) is 0 Å². The Labute approximate surface area is 121 Å². The molecule has 5 nitrogen and oxygen atoms in total. The number of hydrogen-bond acceptors (Lipinski definition) is 4. The molecule has 1 saturated heterocycles. The van der Waals surface area contributed by atoms with E-state index in [1.807, 2.05) is 6.92 Å². The normalized spacial score (nSPS) is 16.5. The number of rotatable bonds is 2. The topological polar surface area (TPSA) is 71.2 Å². The predicted octanol–water partition coefficient (Wildman–Crippen LogP) is 1.84. The standard InChI is InChI=1S/C13H19BrN4O/c1-8-11(15)7-16-13(12(8)14)18-5-3-10(4-6-18)17-9(2)19/h7,10H,3-6,15H2,1-2H3,(H,17,19). The van der Waals surface area contributed by atoms with Gasteiger partial charge in [-0.25, -0.2) is 4.98 Å². The lowest BCUT2D eigenvalue weighted by Gasteiger charge is -2.33. The zero-order chi connectivity index (χ0) is 14.0. The van der Waals surface area contributed by atoms with Gasteiger partial charge in [-0.15, -0.1) is 0 Å². The number of aromatic nitrogens is 1. The molecular formula is C13H19BrN4O. The van der Waals surface area contributed by atoms with Crippen molar-refractivity contribution in [2.75, 3.05) is 23.7 Å². The number of amides is 1. The fraction of sp³-hybridized carbons (Fsp3) is 0.538. The SMILES string of the molecule is CC(=O)NC1CCN(c2ncc(N)c(C)c2Br)CC1. The predicted molar refractivity (Wildman–Crippen MR) is 80.1 cm³/mol. The van der Waals surface area contributed by atoms with Crippen LogP contribution in [0.1, 0.15) is 25.3 Å². The second-order valence-corrected chi connectivity index (χ2v) is 5.73. The maximum absolute atomic E-state index is 11.0. The van der Waals surface area contributed by atoms with Gasteiger partial charge in [0.25, 0.3) is 0 Å². The van der Waals surface area contributed by atoms with E-state index in [2.05, 4.69) is 31.1 Å². The molecule has 1 aliphatic rings. The van der Waals surface area contributed by atoms with Gasteiger partial charge in [-0.1, -0.05) is 0 Å². The van der Waals surface area contributed by atoms with Crippen LogP contribution in [0.3, 0.4) is 0 Å². The van der Waals surface area contributed by atoms with Gasteiger partial charge in [-0.3, -0.25) is 4.79 Å². The number of nitrogen functional groups attached to an aromatic ring is 1. The molecule has 2 heterocycles. The Balaban J connectivity index is 2.06. The highest BCUT2D eigenvalue weighted by molar-refractivity contribution is 9.10. The van der Waals surface area contributed by atoms with Crippen molar-refractivity contribution < 1.29 is 4.79 Å². The molecule has 0 spiro atoms. The van der Waals surface area contributed by atoms with E-state index in [0.29, 0.717) is 5.69 Å². The molecule has 0 unspecified atom stereocenters. The van der Waals surface area contributed by atoms with E-state index in [-0.39, 0.29) is 11.9 Å². The number of pyridine rings is 1. The summed E-state index contributed by atoms with van der Waals surface area (Å²) in [5.74, 6) is 0.981. The van der Waals surface area contributed by atoms with Crippen LogP contribution in [0.15, 0.2) is 10.7 Å². The summed E-state index contributed by atoms with van der Waals surface area (Å²) in [6, 6.07) is 0.280. The number of nitrogens with two attached hydrogens (primary N) is 1. The molecule has 1 fully saturated rings. The molecule has 0 bridgehead atoms. The molecule has 2 rings (SSSR count). The summed E-state index contributed by atoms with van der Waals surface area (Å²) in [5.41, 5.74) is 7.56. The molecule has 1 aromatic rings. The van der Waals surface area contributed by atoms with Gasteiger partial charge < -0.3 is 16.0 Å². The molecular weight excluding hydrogens is 308 g/mol. The third-order valence-corrected chi connectivity index (χ3v) is 4.44. The number of piperidine rings is 1. The molecule has 104 valence electrons. The molecule has 0 aromatic carbocycles. The van der Waals surface area contributed by atoms with Crippen LogP contribution in [0.25, 0.3) is 0 Å². The van der Waals surface area contributed by atoms with Crippen LogP contribution in [0, 0.1) is 6.92 Å². The summed E-state index contributed by atoms with van der Waals surface area (Å²) in [6.45, 7) is 5.32. The molecule has 0 aliphatic carbocycles. The molecule has 0 radical (unpaired) electrons. The first kappa shape index (κ1) is 14.1. The summed E-state index contributed by atoms with van der Waals surface area (Å²) >= 11 is 3.57. The monoisotopic (exact) mass is 326 g/mol. The first-order valence-electron chi connectivity index (χ1n) is 6.41. The fourth-order valence-electron chi connectivity index (χ4n) is 2.32. The fourth-order valence-corrected chi connectivity index (χ4v) is 2.90. The van der Waals surface area contributed by atoms with Gasteiger partial charge in [0.05, 0.1) is 16.4 Å². The lowest BCUT2D eigenvalue weighted by molar-refractivity contribution is -0.119. The summed E-state index contributed by atoms with van der Waals surface area (Å²) < 4.78 is 0.963. The number of halogens is 1. The second kappa shape index (κ2) is 5.77. The highest BCUT2D eigenvalue weighted by Gasteiger charge is 2.22. The Bertz CT molecular complexity index is 484. The van der Waals surface area contributed by atoms with Crippen LogP contribution >= 0.6 is 15.9 Å². The third-order valence-electron chi connectivity index (χ3n) is 3.49. The number of nitrogens with zero attached hydrogens (tertiary/aromatic N) is 2. The number of carbonyl (C=O) groups excluding carboxylic acids is 1. The van der Waals surface area contributed by atoms with Gasteiger partial charge in [0.1, 0.15) is 5.82 Å². The van der Waals surface area contributed by atoms with Crippen molar-refractivity contribution in [1.29, 1.82) is 0 Å². The van der Waals surface area contributed by atoms with Gasteiger partial charge >= 0.3 is 0 Å². The highest BCUT2D eigenvalue weighted by atomic mass is 79.9. The number of hydrogen-bond donors (Lipinski definition) is 2. The van der Waals surface area contributed by atoms with Gasteiger partial charge in [0.15, 0.2) is 0 Å². The van der Waals surface area contributed by atoms with Gasteiger partial charge in [-0.2, -0.15) is 0 Å². The molecule has 6 heteroatoms. The average molecular weight is 327 g/mol. The van der Waals surface area contributed by atoms with Crippen molar-refractivity contribution >= 4 is 33.3 Å². The minimum absolute atomic E-state index is 0.0427. The summed E-state index contributed by atoms with van der Waals surface area (Å²) in [4.78, 5) is 17.7. The third kappa shape index (κ3) is 3.18. The lowest BCUT2D eigenvalue weighted by atomic mass is 10.0. The van der Waals surface area contributed by atoms with Crippen molar-refractivity contribution in [3.8, 4) is 0 Å². The number of carbonyl (C=O) groups is 1. The van der Waals surface area contributed by atoms with Crippen LogP contribution in [-0.2, 0) is 4.79 Å². The molecule has 3 N–H and O–H groups in total. The van der Waals surface area contributed by atoms with Crippen molar-refractivity contribution in [2.24, 2.45) is 0 Å². The zero-order valence-corrected chi connectivity index (χ0v) is 12.8. The molecule has 1 aliphatic heterocycles. The Morgan fingerprint density at radius 3 is 2.74 bits per heavy atom. The minimum atomic E-state index is 0.0427. The van der Waals surface area contributed by atoms with Crippen LogP contribution in [0.5, 0.6) is 0 Å². The summed E-state index contributed by atoms with van der Waals surface area (Å²) in [5, 5.41) is 2.97. The van der Waals surface area contributed by atoms with Crippen molar-refractivity contribution in [3.63, 3.8) is 0 Å². The molecule has 19 heavy (non-hydrogen) atoms. The largest absolute Gasteiger partial charge is 0.397 e. The lowest BCUT2D eigenvalue weighted by Crippen LogP contribution is -2.44. The Kier molecular flexibility index (Phi) is 4.29. The smallest absolute Gasteiger partial charge is 0.217 e. The van der Waals surface area contributed by atoms with Crippen molar-refractivity contribution in [2.45, 2.75) is 32.7 Å². The van der Waals surface area contributed by atoms with Gasteiger partial charge in [-0.05, 0) is 41.3 Å². The van der Waals surface area contributed by atoms with E-state index in [1.54, 1.807) is 13.1 Å². The maximum Gasteiger partial charge on any atom is 0.217 e. The molecule has 1 aromatic heterocycles. The van der Waals surface area contributed by atoms with E-state index in [0.717, 1.165) is 41.8 Å². The Morgan fingerprint density at radius 1 is 1.53 bits per heavy atom. The van der Waals surface area contributed by atoms with Gasteiger partial charge in [0.2, 0.25) is 5.91 Å². The van der Waals surface area contributed by atoms with Crippen molar-refractivity contribution in [1.82, 2.24) is 10.3 Å². The van der Waals surface area contributed by atoms with E-state index in [1.165, 1.54) is 0 Å². The van der Waals surface area contributed by atoms with E-state index >= 15 is 0 Å². The van der Waals surface area contributed by atoms with E-state index < -0.39 is 0 Å². The Morgan fingerprint density at radius 2 is 2.16 bits per heavy atom. The van der Waals surface area contributed by atoms with Crippen molar-refractivity contribution in [3.05, 3.63) is 16.2 Å². The number of anilines is 2. The second-order valence-electron chi connectivity index (χ2n) is 4.94. The molecule has 0 saturated carbocycles. The highest BCUT2D eigenvalue weighted by Crippen LogP contribution is 2.31. The van der Waals surface area contributed by atoms with E-state index in [4.69, 9.17) is 5.73 Å². The quantitative estimate of drug-likeness (QED) is 0.869. The maximum atomic E-state index is 11.0. The first-order chi connectivity index (χ1) is 8.99. The zero-order valence-electron chi connectivity index (χ0n) is 11.2. The van der Waals surface area contributed by atoms with Crippen LogP contribution in [0.4, 0.5) is 11.5 Å². The summed E-state index contributed by atoms with van der Waals surface area (Å²) in [7, 11) is 0. The molecule has 0 atom stereocenters. The van der Waals surface area contributed by atoms with Gasteiger partial charge in [0, 0.05) is 26.1 Å². The van der Waals surface area contributed by atoms with Crippen LogP contribution < -0.4 is 16.0 Å².